The minimum Gasteiger partial charge on any atom is -0.359 e. The largest absolute Gasteiger partial charge is 0.359 e. The van der Waals surface area contributed by atoms with E-state index in [1.807, 2.05) is 0 Å². The number of aliphatic hydroxyl groups is 5. The second kappa shape index (κ2) is 11.5. The summed E-state index contributed by atoms with van der Waals surface area (Å²) in [6, 6.07) is -0.688. The standard InChI is InChI=1S/C19H41NO5/c1-4-5-6-7-8-9-10-11-12-13-14-15-16(20)17(2,3)18(21,22)19(23,24)25/h16,21-25H,4-15,20H2,1-3H3. The number of rotatable bonds is 15. The third-order valence-corrected chi connectivity index (χ3v) is 5.41. The van der Waals surface area contributed by atoms with E-state index in [-0.39, 0.29) is 0 Å². The highest BCUT2D eigenvalue weighted by atomic mass is 16.7. The Bertz CT molecular complexity index is 339. The molecule has 0 saturated carbocycles. The van der Waals surface area contributed by atoms with E-state index in [1.54, 1.807) is 0 Å². The van der Waals surface area contributed by atoms with Crippen LogP contribution in [0, 0.1) is 5.41 Å². The van der Waals surface area contributed by atoms with E-state index in [9.17, 15) is 10.2 Å². The van der Waals surface area contributed by atoms with E-state index in [1.165, 1.54) is 65.2 Å². The molecule has 0 saturated heterocycles. The SMILES string of the molecule is CCCCCCCCCCCCCC(N)C(C)(C)C(O)(O)C(O)(O)O. The molecule has 6 heteroatoms. The van der Waals surface area contributed by atoms with Crippen LogP contribution in [0.4, 0.5) is 0 Å². The molecular weight excluding hydrogens is 322 g/mol. The molecule has 0 amide bonds. The zero-order chi connectivity index (χ0) is 19.6. The van der Waals surface area contributed by atoms with Gasteiger partial charge < -0.3 is 31.3 Å². The molecule has 0 bridgehead atoms. The average molecular weight is 364 g/mol. The average Bonchev–Trinajstić information content (AvgIpc) is 2.51. The first-order valence-electron chi connectivity index (χ1n) is 9.86. The van der Waals surface area contributed by atoms with Crippen molar-refractivity contribution in [3.8, 4) is 0 Å². The second-order valence-electron chi connectivity index (χ2n) is 7.96. The van der Waals surface area contributed by atoms with E-state index in [4.69, 9.17) is 21.1 Å². The van der Waals surface area contributed by atoms with Crippen LogP contribution in [0.1, 0.15) is 97.8 Å². The lowest BCUT2D eigenvalue weighted by atomic mass is 9.73. The highest BCUT2D eigenvalue weighted by Gasteiger charge is 2.59. The van der Waals surface area contributed by atoms with Gasteiger partial charge in [-0.2, -0.15) is 0 Å². The molecule has 152 valence electrons. The van der Waals surface area contributed by atoms with Crippen LogP contribution in [0.5, 0.6) is 0 Å². The van der Waals surface area contributed by atoms with Crippen LogP contribution in [0.15, 0.2) is 0 Å². The van der Waals surface area contributed by atoms with Gasteiger partial charge in [0.25, 0.3) is 5.79 Å². The molecule has 0 spiro atoms. The lowest BCUT2D eigenvalue weighted by Gasteiger charge is -2.45. The molecule has 1 unspecified atom stereocenters. The molecule has 0 fully saturated rings. The molecule has 0 heterocycles. The Hall–Kier alpha value is -0.240. The summed E-state index contributed by atoms with van der Waals surface area (Å²) >= 11 is 0. The van der Waals surface area contributed by atoms with Gasteiger partial charge >= 0.3 is 5.97 Å². The number of hydrogen-bond acceptors (Lipinski definition) is 6. The maximum Gasteiger partial charge on any atom is 0.333 e. The second-order valence-corrected chi connectivity index (χ2v) is 7.96. The molecule has 0 aliphatic heterocycles. The number of unbranched alkanes of at least 4 members (excludes halogenated alkanes) is 10. The Morgan fingerprint density at radius 2 is 1.04 bits per heavy atom. The third kappa shape index (κ3) is 8.33. The molecule has 0 rings (SSSR count). The first kappa shape index (κ1) is 24.8. The van der Waals surface area contributed by atoms with Gasteiger partial charge in [-0.25, -0.2) is 0 Å². The molecular formula is C19H41NO5. The van der Waals surface area contributed by atoms with Gasteiger partial charge in [-0.1, -0.05) is 91.4 Å². The van der Waals surface area contributed by atoms with Gasteiger partial charge in [-0.05, 0) is 6.42 Å². The summed E-state index contributed by atoms with van der Waals surface area (Å²) < 4.78 is 0. The van der Waals surface area contributed by atoms with E-state index in [2.05, 4.69) is 6.92 Å². The molecule has 0 aromatic carbocycles. The fourth-order valence-electron chi connectivity index (χ4n) is 3.08. The first-order valence-corrected chi connectivity index (χ1v) is 9.86. The van der Waals surface area contributed by atoms with Crippen molar-refractivity contribution in [2.24, 2.45) is 11.1 Å². The Labute approximate surface area is 153 Å². The summed E-state index contributed by atoms with van der Waals surface area (Å²) in [6.45, 7) is 5.02. The van der Waals surface area contributed by atoms with E-state index >= 15 is 0 Å². The van der Waals surface area contributed by atoms with Crippen LogP contribution in [-0.4, -0.2) is 43.3 Å². The van der Waals surface area contributed by atoms with Crippen molar-refractivity contribution in [2.45, 2.75) is 116 Å². The zero-order valence-electron chi connectivity index (χ0n) is 16.4. The summed E-state index contributed by atoms with van der Waals surface area (Å²) in [5, 5.41) is 47.1. The summed E-state index contributed by atoms with van der Waals surface area (Å²) in [5.41, 5.74) is 4.52. The van der Waals surface area contributed by atoms with Crippen LogP contribution in [-0.2, 0) is 0 Å². The van der Waals surface area contributed by atoms with E-state index in [0.29, 0.717) is 6.42 Å². The topological polar surface area (TPSA) is 127 Å². The molecule has 7 N–H and O–H groups in total. The van der Waals surface area contributed by atoms with Crippen molar-refractivity contribution in [1.29, 1.82) is 0 Å². The number of hydrogen-bond donors (Lipinski definition) is 6. The van der Waals surface area contributed by atoms with Gasteiger partial charge in [0, 0.05) is 11.5 Å². The van der Waals surface area contributed by atoms with Crippen LogP contribution < -0.4 is 5.73 Å². The van der Waals surface area contributed by atoms with Crippen molar-refractivity contribution in [3.63, 3.8) is 0 Å². The molecule has 0 aliphatic rings. The quantitative estimate of drug-likeness (QED) is 0.196. The molecule has 25 heavy (non-hydrogen) atoms. The monoisotopic (exact) mass is 363 g/mol. The van der Waals surface area contributed by atoms with Crippen molar-refractivity contribution < 1.29 is 25.5 Å². The van der Waals surface area contributed by atoms with Crippen molar-refractivity contribution >= 4 is 0 Å². The molecule has 0 aromatic heterocycles. The predicted octanol–water partition coefficient (Wildman–Crippen LogP) is 2.35. The summed E-state index contributed by atoms with van der Waals surface area (Å²) in [7, 11) is 0. The van der Waals surface area contributed by atoms with Crippen molar-refractivity contribution in [1.82, 2.24) is 0 Å². The first-order chi connectivity index (χ1) is 11.5. The zero-order valence-corrected chi connectivity index (χ0v) is 16.4. The van der Waals surface area contributed by atoms with Gasteiger partial charge in [0.15, 0.2) is 0 Å². The molecule has 1 atom stereocenters. The fraction of sp³-hybridized carbons (Fsp3) is 1.00. The smallest absolute Gasteiger partial charge is 0.333 e. The van der Waals surface area contributed by atoms with Crippen LogP contribution in [0.25, 0.3) is 0 Å². The maximum absolute atomic E-state index is 9.85. The van der Waals surface area contributed by atoms with E-state index in [0.717, 1.165) is 19.3 Å². The van der Waals surface area contributed by atoms with Gasteiger partial charge in [-0.15, -0.1) is 0 Å². The molecule has 0 radical (unpaired) electrons. The van der Waals surface area contributed by atoms with Crippen molar-refractivity contribution in [2.75, 3.05) is 0 Å². The summed E-state index contributed by atoms with van der Waals surface area (Å²) in [5.74, 6) is -6.73. The third-order valence-electron chi connectivity index (χ3n) is 5.41. The number of nitrogens with two attached hydrogens (primary N) is 1. The minimum absolute atomic E-state index is 0.517. The molecule has 0 aromatic rings. The minimum atomic E-state index is -3.62. The lowest BCUT2D eigenvalue weighted by Crippen LogP contribution is -2.67. The lowest BCUT2D eigenvalue weighted by molar-refractivity contribution is -0.473. The normalized spacial score (nSPS) is 14.8. The fourth-order valence-corrected chi connectivity index (χ4v) is 3.08. The Balaban J connectivity index is 3.88. The van der Waals surface area contributed by atoms with Crippen molar-refractivity contribution in [3.05, 3.63) is 0 Å². The van der Waals surface area contributed by atoms with Gasteiger partial charge in [0.1, 0.15) is 0 Å². The highest BCUT2D eigenvalue weighted by Crippen LogP contribution is 2.38. The van der Waals surface area contributed by atoms with Gasteiger partial charge in [0.05, 0.1) is 0 Å². The Kier molecular flexibility index (Phi) is 11.4. The Morgan fingerprint density at radius 1 is 0.680 bits per heavy atom. The van der Waals surface area contributed by atoms with Gasteiger partial charge in [-0.3, -0.25) is 0 Å². The van der Waals surface area contributed by atoms with Crippen LogP contribution in [0.2, 0.25) is 0 Å². The molecule has 0 aliphatic carbocycles. The van der Waals surface area contributed by atoms with Crippen LogP contribution in [0.3, 0.4) is 0 Å². The highest BCUT2D eigenvalue weighted by molar-refractivity contribution is 4.96. The molecule has 6 nitrogen and oxygen atoms in total. The van der Waals surface area contributed by atoms with E-state index < -0.39 is 23.2 Å². The summed E-state index contributed by atoms with van der Waals surface area (Å²) in [6.07, 6.45) is 13.8. The summed E-state index contributed by atoms with van der Waals surface area (Å²) in [4.78, 5) is 0. The predicted molar refractivity (Wildman–Crippen MR) is 99.4 cm³/mol. The van der Waals surface area contributed by atoms with Gasteiger partial charge in [0.2, 0.25) is 0 Å². The Morgan fingerprint density at radius 3 is 1.40 bits per heavy atom. The van der Waals surface area contributed by atoms with Crippen LogP contribution >= 0.6 is 0 Å². The maximum atomic E-state index is 9.85.